The van der Waals surface area contributed by atoms with E-state index in [2.05, 4.69) is 15.3 Å². The van der Waals surface area contributed by atoms with E-state index in [0.717, 1.165) is 10.7 Å². The first kappa shape index (κ1) is 16.5. The van der Waals surface area contributed by atoms with Gasteiger partial charge < -0.3 is 19.7 Å². The molecule has 0 aliphatic carbocycles. The molecule has 0 bridgehead atoms. The number of furan rings is 1. The van der Waals surface area contributed by atoms with Gasteiger partial charge in [-0.25, -0.2) is 4.98 Å². The maximum Gasteiger partial charge on any atom is 0.193 e. The molecule has 0 aromatic carbocycles. The van der Waals surface area contributed by atoms with Crippen molar-refractivity contribution < 1.29 is 9.52 Å². The maximum atomic E-state index is 10.5. The molecule has 2 aromatic heterocycles. The number of aromatic nitrogens is 1. The number of thiazole rings is 1. The number of hydrogen-bond donors (Lipinski definition) is 2. The Bertz CT molecular complexity index is 619. The van der Waals surface area contributed by atoms with Crippen LogP contribution >= 0.6 is 11.3 Å². The zero-order chi connectivity index (χ0) is 16.2. The molecule has 120 valence electrons. The molecule has 7 heteroatoms. The van der Waals surface area contributed by atoms with Crippen molar-refractivity contribution in [2.75, 3.05) is 20.6 Å². The van der Waals surface area contributed by atoms with Crippen LogP contribution in [0, 0.1) is 6.92 Å². The molecule has 0 radical (unpaired) electrons. The summed E-state index contributed by atoms with van der Waals surface area (Å²) in [6, 6.07) is 3.52. The smallest absolute Gasteiger partial charge is 0.193 e. The molecule has 2 N–H and O–H groups in total. The molecule has 0 saturated heterocycles. The molecule has 0 saturated carbocycles. The van der Waals surface area contributed by atoms with Crippen LogP contribution in [-0.4, -0.2) is 41.6 Å². The van der Waals surface area contributed by atoms with E-state index in [1.165, 1.54) is 0 Å². The predicted molar refractivity (Wildman–Crippen MR) is 88.0 cm³/mol. The highest BCUT2D eigenvalue weighted by molar-refractivity contribution is 7.09. The highest BCUT2D eigenvalue weighted by Gasteiger charge is 2.26. The van der Waals surface area contributed by atoms with Gasteiger partial charge in [-0.05, 0) is 26.0 Å². The van der Waals surface area contributed by atoms with Gasteiger partial charge in [0.1, 0.15) is 11.4 Å². The minimum atomic E-state index is -1.10. The Morgan fingerprint density at radius 1 is 1.59 bits per heavy atom. The second-order valence-electron chi connectivity index (χ2n) is 5.37. The normalized spacial score (nSPS) is 14.7. The monoisotopic (exact) mass is 322 g/mol. The molecule has 0 aliphatic heterocycles. The largest absolute Gasteiger partial charge is 0.466 e. The summed E-state index contributed by atoms with van der Waals surface area (Å²) >= 11 is 1.63. The van der Waals surface area contributed by atoms with Crippen molar-refractivity contribution in [2.24, 2.45) is 4.99 Å². The lowest BCUT2D eigenvalue weighted by Crippen LogP contribution is -2.44. The third kappa shape index (κ3) is 4.08. The van der Waals surface area contributed by atoms with Crippen LogP contribution < -0.4 is 5.32 Å². The van der Waals surface area contributed by atoms with Crippen LogP contribution in [0.2, 0.25) is 0 Å². The zero-order valence-electron chi connectivity index (χ0n) is 13.3. The van der Waals surface area contributed by atoms with E-state index in [-0.39, 0.29) is 0 Å². The molecule has 22 heavy (non-hydrogen) atoms. The summed E-state index contributed by atoms with van der Waals surface area (Å²) in [6.45, 7) is 4.65. The fraction of sp³-hybridized carbons (Fsp3) is 0.467. The second kappa shape index (κ2) is 6.93. The molecular formula is C15H22N4O2S. The number of rotatable bonds is 5. The third-order valence-electron chi connectivity index (χ3n) is 3.28. The van der Waals surface area contributed by atoms with Crippen LogP contribution in [0.3, 0.4) is 0 Å². The summed E-state index contributed by atoms with van der Waals surface area (Å²) in [4.78, 5) is 10.7. The topological polar surface area (TPSA) is 73.9 Å². The van der Waals surface area contributed by atoms with Gasteiger partial charge in [0.25, 0.3) is 0 Å². The minimum absolute atomic E-state index is 0.299. The average Bonchev–Trinajstić information content (AvgIpc) is 3.11. The van der Waals surface area contributed by atoms with Crippen molar-refractivity contribution in [1.29, 1.82) is 0 Å². The van der Waals surface area contributed by atoms with Crippen LogP contribution in [-0.2, 0) is 12.1 Å². The highest BCUT2D eigenvalue weighted by Crippen LogP contribution is 2.19. The SMILES string of the molecule is CN=C(NCC(C)(O)c1ccco1)N(C)Cc1csc(C)n1. The van der Waals surface area contributed by atoms with Crippen molar-refractivity contribution >= 4 is 17.3 Å². The van der Waals surface area contributed by atoms with Gasteiger partial charge in [-0.15, -0.1) is 11.3 Å². The van der Waals surface area contributed by atoms with Crippen LogP contribution in [0.4, 0.5) is 0 Å². The fourth-order valence-electron chi connectivity index (χ4n) is 2.11. The summed E-state index contributed by atoms with van der Waals surface area (Å²) in [5.74, 6) is 1.21. The lowest BCUT2D eigenvalue weighted by molar-refractivity contribution is 0.0381. The van der Waals surface area contributed by atoms with Gasteiger partial charge in [-0.2, -0.15) is 0 Å². The summed E-state index contributed by atoms with van der Waals surface area (Å²) < 4.78 is 5.27. The van der Waals surface area contributed by atoms with Gasteiger partial charge in [0.2, 0.25) is 0 Å². The molecule has 1 atom stereocenters. The number of guanidine groups is 1. The number of nitrogens with one attached hydrogen (secondary N) is 1. The molecule has 2 rings (SSSR count). The second-order valence-corrected chi connectivity index (χ2v) is 6.43. The van der Waals surface area contributed by atoms with Gasteiger partial charge in [0.15, 0.2) is 5.96 Å². The highest BCUT2D eigenvalue weighted by atomic mass is 32.1. The maximum absolute atomic E-state index is 10.5. The Morgan fingerprint density at radius 3 is 2.91 bits per heavy atom. The van der Waals surface area contributed by atoms with Crippen molar-refractivity contribution in [3.05, 3.63) is 40.2 Å². The van der Waals surface area contributed by atoms with Crippen LogP contribution in [0.1, 0.15) is 23.4 Å². The summed E-state index contributed by atoms with van der Waals surface area (Å²) in [6.07, 6.45) is 1.55. The van der Waals surface area contributed by atoms with Gasteiger partial charge in [0, 0.05) is 19.5 Å². The van der Waals surface area contributed by atoms with E-state index < -0.39 is 5.60 Å². The molecule has 1 unspecified atom stereocenters. The summed E-state index contributed by atoms with van der Waals surface area (Å²) in [5.41, 5.74) is -0.0944. The van der Waals surface area contributed by atoms with Crippen LogP contribution in [0.25, 0.3) is 0 Å². The Morgan fingerprint density at radius 2 is 2.36 bits per heavy atom. The predicted octanol–water partition coefficient (Wildman–Crippen LogP) is 1.96. The Kier molecular flexibility index (Phi) is 5.20. The molecule has 0 aliphatic rings. The molecule has 2 aromatic rings. The van der Waals surface area contributed by atoms with Crippen LogP contribution in [0.5, 0.6) is 0 Å². The quantitative estimate of drug-likeness (QED) is 0.650. The first-order chi connectivity index (χ1) is 10.4. The van der Waals surface area contributed by atoms with Gasteiger partial charge >= 0.3 is 0 Å². The zero-order valence-corrected chi connectivity index (χ0v) is 14.1. The third-order valence-corrected chi connectivity index (χ3v) is 4.10. The first-order valence-corrected chi connectivity index (χ1v) is 7.89. The number of hydrogen-bond acceptors (Lipinski definition) is 5. The molecular weight excluding hydrogens is 300 g/mol. The summed E-state index contributed by atoms with van der Waals surface area (Å²) in [5, 5.41) is 16.7. The number of nitrogens with zero attached hydrogens (tertiary/aromatic N) is 3. The van der Waals surface area contributed by atoms with Crippen LogP contribution in [0.15, 0.2) is 33.2 Å². The average molecular weight is 322 g/mol. The molecule has 0 fully saturated rings. The number of aryl methyl sites for hydroxylation is 1. The van der Waals surface area contributed by atoms with Crippen molar-refractivity contribution in [3.63, 3.8) is 0 Å². The van der Waals surface area contributed by atoms with E-state index in [9.17, 15) is 5.11 Å². The van der Waals surface area contributed by atoms with Gasteiger partial charge in [-0.3, -0.25) is 4.99 Å². The Balaban J connectivity index is 1.94. The molecule has 0 amide bonds. The lowest BCUT2D eigenvalue weighted by atomic mass is 10.0. The minimum Gasteiger partial charge on any atom is -0.466 e. The Hall–Kier alpha value is -1.86. The molecule has 6 nitrogen and oxygen atoms in total. The number of aliphatic imine (C=N–C) groups is 1. The Labute approximate surface area is 134 Å². The molecule has 0 spiro atoms. The van der Waals surface area contributed by atoms with E-state index in [0.29, 0.717) is 24.8 Å². The van der Waals surface area contributed by atoms with Crippen molar-refractivity contribution in [2.45, 2.75) is 26.0 Å². The lowest BCUT2D eigenvalue weighted by Gasteiger charge is -2.26. The first-order valence-electron chi connectivity index (χ1n) is 7.01. The number of aliphatic hydroxyl groups is 1. The molecule has 2 heterocycles. The van der Waals surface area contributed by atoms with E-state index in [1.54, 1.807) is 43.7 Å². The van der Waals surface area contributed by atoms with E-state index >= 15 is 0 Å². The van der Waals surface area contributed by atoms with Gasteiger partial charge in [0.05, 0.1) is 30.1 Å². The van der Waals surface area contributed by atoms with Crippen molar-refractivity contribution in [3.8, 4) is 0 Å². The standard InChI is InChI=1S/C15H22N4O2S/c1-11-18-12(9-22-11)8-19(4)14(16-3)17-10-15(2,20)13-6-5-7-21-13/h5-7,9,20H,8,10H2,1-4H3,(H,16,17). The van der Waals surface area contributed by atoms with Crippen molar-refractivity contribution in [1.82, 2.24) is 15.2 Å². The summed E-state index contributed by atoms with van der Waals surface area (Å²) in [7, 11) is 3.65. The van der Waals surface area contributed by atoms with Gasteiger partial charge in [-0.1, -0.05) is 0 Å². The van der Waals surface area contributed by atoms with E-state index in [1.807, 2.05) is 24.3 Å². The fourth-order valence-corrected chi connectivity index (χ4v) is 2.71. The van der Waals surface area contributed by atoms with E-state index in [4.69, 9.17) is 4.42 Å².